The first-order valence-corrected chi connectivity index (χ1v) is 6.97. The fourth-order valence-electron chi connectivity index (χ4n) is 2.19. The summed E-state index contributed by atoms with van der Waals surface area (Å²) in [5.41, 5.74) is 7.90. The van der Waals surface area contributed by atoms with Crippen molar-refractivity contribution in [3.05, 3.63) is 24.0 Å². The summed E-state index contributed by atoms with van der Waals surface area (Å²) in [5, 5.41) is 0. The molecule has 2 rings (SSSR count). The molecule has 4 nitrogen and oxygen atoms in total. The van der Waals surface area contributed by atoms with E-state index in [2.05, 4.69) is 36.4 Å². The summed E-state index contributed by atoms with van der Waals surface area (Å²) in [6.07, 6.45) is 1.01. The molecule has 0 unspecified atom stereocenters. The summed E-state index contributed by atoms with van der Waals surface area (Å²) in [4.78, 5) is 4.61. The second-order valence-corrected chi connectivity index (χ2v) is 5.24. The lowest BCUT2D eigenvalue weighted by Gasteiger charge is -2.11. The molecule has 104 valence electrons. The van der Waals surface area contributed by atoms with E-state index in [-0.39, 0.29) is 0 Å². The van der Waals surface area contributed by atoms with E-state index in [4.69, 9.17) is 10.5 Å². The Kier molecular flexibility index (Phi) is 4.43. The van der Waals surface area contributed by atoms with Crippen molar-refractivity contribution < 1.29 is 4.74 Å². The molecule has 0 bridgehead atoms. The van der Waals surface area contributed by atoms with Gasteiger partial charge >= 0.3 is 0 Å². The lowest BCUT2D eigenvalue weighted by molar-refractivity contribution is 0.318. The molecule has 0 saturated heterocycles. The standard InChI is InChI=1S/C15H23N3O/c1-4-7-19-12-5-6-14-13(8-12)17-15(9-16)18(14)10-11(2)3/h5-6,8,11H,4,7,9-10,16H2,1-3H3. The van der Waals surface area contributed by atoms with Gasteiger partial charge in [-0.25, -0.2) is 4.98 Å². The van der Waals surface area contributed by atoms with E-state index < -0.39 is 0 Å². The van der Waals surface area contributed by atoms with Gasteiger partial charge in [0, 0.05) is 12.6 Å². The van der Waals surface area contributed by atoms with Crippen LogP contribution >= 0.6 is 0 Å². The van der Waals surface area contributed by atoms with Gasteiger partial charge in [0.1, 0.15) is 11.6 Å². The van der Waals surface area contributed by atoms with E-state index in [1.807, 2.05) is 12.1 Å². The molecule has 4 heteroatoms. The van der Waals surface area contributed by atoms with E-state index in [9.17, 15) is 0 Å². The summed E-state index contributed by atoms with van der Waals surface area (Å²) in [6, 6.07) is 6.09. The number of benzene rings is 1. The topological polar surface area (TPSA) is 53.1 Å². The van der Waals surface area contributed by atoms with Crippen molar-refractivity contribution >= 4 is 11.0 Å². The molecule has 0 saturated carbocycles. The van der Waals surface area contributed by atoms with Crippen molar-refractivity contribution in [1.82, 2.24) is 9.55 Å². The largest absolute Gasteiger partial charge is 0.494 e. The first kappa shape index (κ1) is 13.9. The molecule has 0 aliphatic carbocycles. The van der Waals surface area contributed by atoms with Gasteiger partial charge in [0.15, 0.2) is 0 Å². The maximum atomic E-state index is 5.79. The highest BCUT2D eigenvalue weighted by Crippen LogP contribution is 2.23. The zero-order valence-electron chi connectivity index (χ0n) is 12.0. The lowest BCUT2D eigenvalue weighted by atomic mass is 10.2. The Bertz CT molecular complexity index is 546. The van der Waals surface area contributed by atoms with E-state index in [0.717, 1.165) is 42.2 Å². The Morgan fingerprint density at radius 2 is 2.16 bits per heavy atom. The summed E-state index contributed by atoms with van der Waals surface area (Å²) in [5.74, 6) is 2.39. The first-order valence-electron chi connectivity index (χ1n) is 6.97. The van der Waals surface area contributed by atoms with Crippen molar-refractivity contribution in [2.45, 2.75) is 40.3 Å². The third kappa shape index (κ3) is 3.07. The molecule has 0 atom stereocenters. The molecule has 0 spiro atoms. The van der Waals surface area contributed by atoms with E-state index in [1.165, 1.54) is 0 Å². The van der Waals surface area contributed by atoms with E-state index in [0.29, 0.717) is 12.5 Å². The molecule has 0 aliphatic rings. The highest BCUT2D eigenvalue weighted by Gasteiger charge is 2.11. The van der Waals surface area contributed by atoms with Gasteiger partial charge in [-0.2, -0.15) is 0 Å². The molecular weight excluding hydrogens is 238 g/mol. The number of nitrogens with zero attached hydrogens (tertiary/aromatic N) is 2. The van der Waals surface area contributed by atoms with Crippen LogP contribution in [0.4, 0.5) is 0 Å². The summed E-state index contributed by atoms with van der Waals surface area (Å²) >= 11 is 0. The average Bonchev–Trinajstić information content (AvgIpc) is 2.73. The van der Waals surface area contributed by atoms with Crippen LogP contribution in [0, 0.1) is 5.92 Å². The van der Waals surface area contributed by atoms with Crippen LogP contribution in [-0.2, 0) is 13.1 Å². The van der Waals surface area contributed by atoms with Crippen molar-refractivity contribution in [3.8, 4) is 5.75 Å². The van der Waals surface area contributed by atoms with Gasteiger partial charge in [0.25, 0.3) is 0 Å². The summed E-state index contributed by atoms with van der Waals surface area (Å²) in [6.45, 7) is 8.64. The molecule has 2 aromatic rings. The zero-order chi connectivity index (χ0) is 13.8. The van der Waals surface area contributed by atoms with Gasteiger partial charge in [0.05, 0.1) is 24.2 Å². The number of hydrogen-bond donors (Lipinski definition) is 1. The van der Waals surface area contributed by atoms with Crippen LogP contribution in [0.15, 0.2) is 18.2 Å². The number of nitrogens with two attached hydrogens (primary N) is 1. The molecule has 1 heterocycles. The smallest absolute Gasteiger partial charge is 0.123 e. The van der Waals surface area contributed by atoms with Gasteiger partial charge in [-0.05, 0) is 24.5 Å². The van der Waals surface area contributed by atoms with Gasteiger partial charge < -0.3 is 15.0 Å². The lowest BCUT2D eigenvalue weighted by Crippen LogP contribution is -2.11. The zero-order valence-corrected chi connectivity index (χ0v) is 12.0. The number of aromatic nitrogens is 2. The third-order valence-electron chi connectivity index (χ3n) is 3.00. The fourth-order valence-corrected chi connectivity index (χ4v) is 2.19. The minimum Gasteiger partial charge on any atom is -0.494 e. The predicted molar refractivity (Wildman–Crippen MR) is 78.2 cm³/mol. The van der Waals surface area contributed by atoms with Crippen LogP contribution in [0.5, 0.6) is 5.75 Å². The molecule has 0 amide bonds. The number of hydrogen-bond acceptors (Lipinski definition) is 3. The molecule has 1 aromatic carbocycles. The monoisotopic (exact) mass is 261 g/mol. The highest BCUT2D eigenvalue weighted by molar-refractivity contribution is 5.77. The van der Waals surface area contributed by atoms with Crippen molar-refractivity contribution in [1.29, 1.82) is 0 Å². The quantitative estimate of drug-likeness (QED) is 0.869. The van der Waals surface area contributed by atoms with Crippen molar-refractivity contribution in [2.24, 2.45) is 11.7 Å². The number of rotatable bonds is 6. The fraction of sp³-hybridized carbons (Fsp3) is 0.533. The number of imidazole rings is 1. The van der Waals surface area contributed by atoms with Gasteiger partial charge in [-0.3, -0.25) is 0 Å². The van der Waals surface area contributed by atoms with Crippen LogP contribution in [0.2, 0.25) is 0 Å². The second-order valence-electron chi connectivity index (χ2n) is 5.24. The SMILES string of the molecule is CCCOc1ccc2c(c1)nc(CN)n2CC(C)C. The third-order valence-corrected chi connectivity index (χ3v) is 3.00. The Labute approximate surface area is 114 Å². The Balaban J connectivity index is 2.39. The van der Waals surface area contributed by atoms with Gasteiger partial charge in [0.2, 0.25) is 0 Å². The maximum Gasteiger partial charge on any atom is 0.123 e. The molecule has 0 fully saturated rings. The normalized spacial score (nSPS) is 11.4. The maximum absolute atomic E-state index is 5.79. The molecule has 1 aromatic heterocycles. The van der Waals surface area contributed by atoms with E-state index >= 15 is 0 Å². The van der Waals surface area contributed by atoms with Crippen LogP contribution in [0.1, 0.15) is 33.0 Å². The molecular formula is C15H23N3O. The molecule has 19 heavy (non-hydrogen) atoms. The molecule has 0 aliphatic heterocycles. The Hall–Kier alpha value is -1.55. The van der Waals surface area contributed by atoms with Crippen LogP contribution in [0.3, 0.4) is 0 Å². The van der Waals surface area contributed by atoms with Crippen molar-refractivity contribution in [2.75, 3.05) is 6.61 Å². The van der Waals surface area contributed by atoms with Crippen LogP contribution in [-0.4, -0.2) is 16.2 Å². The number of ether oxygens (including phenoxy) is 1. The minimum atomic E-state index is 0.465. The van der Waals surface area contributed by atoms with Crippen molar-refractivity contribution in [3.63, 3.8) is 0 Å². The second kappa shape index (κ2) is 6.06. The first-order chi connectivity index (χ1) is 9.15. The average molecular weight is 261 g/mol. The summed E-state index contributed by atoms with van der Waals surface area (Å²) in [7, 11) is 0. The van der Waals surface area contributed by atoms with Gasteiger partial charge in [-0.15, -0.1) is 0 Å². The minimum absolute atomic E-state index is 0.465. The van der Waals surface area contributed by atoms with Crippen LogP contribution < -0.4 is 10.5 Å². The van der Waals surface area contributed by atoms with Crippen LogP contribution in [0.25, 0.3) is 11.0 Å². The van der Waals surface area contributed by atoms with E-state index in [1.54, 1.807) is 0 Å². The molecule has 0 radical (unpaired) electrons. The van der Waals surface area contributed by atoms with Gasteiger partial charge in [-0.1, -0.05) is 20.8 Å². The Morgan fingerprint density at radius 1 is 1.37 bits per heavy atom. The predicted octanol–water partition coefficient (Wildman–Crippen LogP) is 2.94. The Morgan fingerprint density at radius 3 is 2.79 bits per heavy atom. The highest BCUT2D eigenvalue weighted by atomic mass is 16.5. The summed E-state index contributed by atoms with van der Waals surface area (Å²) < 4.78 is 7.86. The number of fused-ring (bicyclic) bond motifs is 1. The molecule has 2 N–H and O–H groups in total.